The fourth-order valence-corrected chi connectivity index (χ4v) is 2.70. The summed E-state index contributed by atoms with van der Waals surface area (Å²) in [6.07, 6.45) is 0.878. The minimum Gasteiger partial charge on any atom is -0.465 e. The van der Waals surface area contributed by atoms with Gasteiger partial charge in [-0.2, -0.15) is 0 Å². The number of rotatable bonds is 7. The highest BCUT2D eigenvalue weighted by Crippen LogP contribution is 2.22. The van der Waals surface area contributed by atoms with Crippen LogP contribution in [0.25, 0.3) is 11.3 Å². The van der Waals surface area contributed by atoms with E-state index in [0.29, 0.717) is 5.56 Å². The molecule has 0 spiro atoms. The first-order valence-electron chi connectivity index (χ1n) is 8.49. The third-order valence-corrected chi connectivity index (χ3v) is 4.15. The minimum absolute atomic E-state index is 0.208. The second kappa shape index (κ2) is 8.45. The highest BCUT2D eigenvalue weighted by Gasteiger charge is 2.09. The number of hydrogen-bond acceptors (Lipinski definition) is 3. The van der Waals surface area contributed by atoms with E-state index in [4.69, 9.17) is 9.15 Å². The Balaban J connectivity index is 1.51. The summed E-state index contributed by atoms with van der Waals surface area (Å²) in [4.78, 5) is 11.5. The molecule has 0 aliphatic heterocycles. The Morgan fingerprint density at radius 2 is 1.77 bits per heavy atom. The summed E-state index contributed by atoms with van der Waals surface area (Å²) in [6.45, 7) is 1.64. The quantitative estimate of drug-likeness (QED) is 0.524. The molecule has 2 N–H and O–H groups in total. The predicted octanol–water partition coefficient (Wildman–Crippen LogP) is 3.18. The number of esters is 1. The number of carbonyl (C=O) groups is 1. The lowest BCUT2D eigenvalue weighted by Crippen LogP contribution is -2.83. The molecule has 0 atom stereocenters. The van der Waals surface area contributed by atoms with E-state index < -0.39 is 0 Å². The maximum atomic E-state index is 12.9. The summed E-state index contributed by atoms with van der Waals surface area (Å²) < 4.78 is 23.4. The first-order valence-corrected chi connectivity index (χ1v) is 8.49. The van der Waals surface area contributed by atoms with E-state index in [9.17, 15) is 9.18 Å². The number of benzene rings is 2. The second-order valence-corrected chi connectivity index (χ2v) is 5.99. The van der Waals surface area contributed by atoms with Crippen LogP contribution in [0.2, 0.25) is 0 Å². The highest BCUT2D eigenvalue weighted by atomic mass is 19.1. The van der Waals surface area contributed by atoms with Crippen LogP contribution in [0.5, 0.6) is 0 Å². The Hall–Kier alpha value is -2.92. The van der Waals surface area contributed by atoms with Gasteiger partial charge in [-0.25, -0.2) is 9.18 Å². The van der Waals surface area contributed by atoms with Crippen molar-refractivity contribution in [2.75, 3.05) is 13.7 Å². The van der Waals surface area contributed by atoms with Crippen molar-refractivity contribution in [3.8, 4) is 11.3 Å². The molecule has 0 saturated heterocycles. The third-order valence-electron chi connectivity index (χ3n) is 4.15. The number of methoxy groups -OCH3 is 1. The van der Waals surface area contributed by atoms with E-state index in [2.05, 4.69) is 5.32 Å². The van der Waals surface area contributed by atoms with Gasteiger partial charge in [0.25, 0.3) is 0 Å². The molecule has 5 heteroatoms. The molecule has 0 fully saturated rings. The van der Waals surface area contributed by atoms with Crippen LogP contribution in [0.3, 0.4) is 0 Å². The molecule has 0 aliphatic carbocycles. The molecule has 1 heterocycles. The van der Waals surface area contributed by atoms with Gasteiger partial charge in [0.1, 0.15) is 18.1 Å². The molecule has 0 amide bonds. The van der Waals surface area contributed by atoms with Gasteiger partial charge in [0.15, 0.2) is 5.76 Å². The molecular formula is C21H21FNO3+. The van der Waals surface area contributed by atoms with E-state index >= 15 is 0 Å². The Bertz CT molecular complexity index is 854. The molecule has 134 valence electrons. The fraction of sp³-hybridized carbons (Fsp3) is 0.190. The largest absolute Gasteiger partial charge is 0.465 e. The maximum absolute atomic E-state index is 12.9. The lowest BCUT2D eigenvalue weighted by Gasteiger charge is -2.02. The number of halogens is 1. The Kier molecular flexibility index (Phi) is 5.81. The topological polar surface area (TPSA) is 56.0 Å². The molecule has 0 unspecified atom stereocenters. The van der Waals surface area contributed by atoms with E-state index in [1.54, 1.807) is 12.1 Å². The van der Waals surface area contributed by atoms with Crippen molar-refractivity contribution < 1.29 is 23.7 Å². The smallest absolute Gasteiger partial charge is 0.337 e. The Labute approximate surface area is 151 Å². The third kappa shape index (κ3) is 4.58. The van der Waals surface area contributed by atoms with Gasteiger partial charge in [-0.1, -0.05) is 24.3 Å². The van der Waals surface area contributed by atoms with Crippen molar-refractivity contribution in [1.82, 2.24) is 0 Å². The Morgan fingerprint density at radius 1 is 1.04 bits per heavy atom. The predicted molar refractivity (Wildman–Crippen MR) is 96.1 cm³/mol. The van der Waals surface area contributed by atoms with Gasteiger partial charge in [0, 0.05) is 12.0 Å². The molecule has 3 rings (SSSR count). The molecule has 26 heavy (non-hydrogen) atoms. The molecule has 0 radical (unpaired) electrons. The number of hydrogen-bond donors (Lipinski definition) is 1. The zero-order chi connectivity index (χ0) is 18.4. The second-order valence-electron chi connectivity index (χ2n) is 5.99. The summed E-state index contributed by atoms with van der Waals surface area (Å²) in [6, 6.07) is 17.6. The molecule has 2 aromatic carbocycles. The average molecular weight is 354 g/mol. The number of ether oxygens (including phenoxy) is 1. The molecule has 0 aliphatic rings. The lowest BCUT2D eigenvalue weighted by molar-refractivity contribution is -0.671. The average Bonchev–Trinajstić information content (AvgIpc) is 3.15. The fourth-order valence-electron chi connectivity index (χ4n) is 2.70. The molecule has 0 bridgehead atoms. The zero-order valence-corrected chi connectivity index (χ0v) is 14.6. The van der Waals surface area contributed by atoms with Gasteiger partial charge in [-0.3, -0.25) is 0 Å². The normalized spacial score (nSPS) is 10.7. The van der Waals surface area contributed by atoms with Gasteiger partial charge in [0.05, 0.1) is 19.2 Å². The van der Waals surface area contributed by atoms with Gasteiger partial charge in [0.2, 0.25) is 0 Å². The number of carbonyl (C=O) groups excluding carboxylic acids is 1. The maximum Gasteiger partial charge on any atom is 0.337 e. The van der Waals surface area contributed by atoms with Crippen LogP contribution in [0.1, 0.15) is 21.7 Å². The van der Waals surface area contributed by atoms with E-state index in [-0.39, 0.29) is 11.8 Å². The molecule has 0 saturated carbocycles. The number of quaternary nitrogens is 1. The standard InChI is InChI=1S/C21H20FNO3/c1-25-21(24)17-6-4-16(5-7-17)20-11-10-19(26-20)14-23-13-12-15-2-8-18(22)9-3-15/h2-11,23H,12-14H2,1H3/p+1. The minimum atomic E-state index is -0.354. The number of furan rings is 1. The highest BCUT2D eigenvalue weighted by molar-refractivity contribution is 5.89. The zero-order valence-electron chi connectivity index (χ0n) is 14.6. The van der Waals surface area contributed by atoms with E-state index in [1.807, 2.05) is 36.4 Å². The van der Waals surface area contributed by atoms with Crippen molar-refractivity contribution in [2.24, 2.45) is 0 Å². The SMILES string of the molecule is COC(=O)c1ccc(-c2ccc(C[NH2+]CCc3ccc(F)cc3)o2)cc1. The molecule has 1 aromatic heterocycles. The summed E-state index contributed by atoms with van der Waals surface area (Å²) >= 11 is 0. The van der Waals surface area contributed by atoms with Crippen molar-refractivity contribution in [2.45, 2.75) is 13.0 Å². The van der Waals surface area contributed by atoms with Gasteiger partial charge >= 0.3 is 5.97 Å². The summed E-state index contributed by atoms with van der Waals surface area (Å²) in [5.41, 5.74) is 2.54. The van der Waals surface area contributed by atoms with Crippen LogP contribution >= 0.6 is 0 Å². The van der Waals surface area contributed by atoms with Crippen molar-refractivity contribution in [3.05, 3.63) is 83.4 Å². The summed E-state index contributed by atoms with van der Waals surface area (Å²) in [5.74, 6) is 1.09. The molecule has 4 nitrogen and oxygen atoms in total. The van der Waals surface area contributed by atoms with Gasteiger partial charge in [-0.15, -0.1) is 0 Å². The number of nitrogens with two attached hydrogens (primary N) is 1. The van der Waals surface area contributed by atoms with Crippen molar-refractivity contribution in [1.29, 1.82) is 0 Å². The van der Waals surface area contributed by atoms with Crippen LogP contribution in [0.4, 0.5) is 4.39 Å². The Morgan fingerprint density at radius 3 is 2.46 bits per heavy atom. The summed E-state index contributed by atoms with van der Waals surface area (Å²) in [7, 11) is 1.36. The van der Waals surface area contributed by atoms with E-state index in [0.717, 1.165) is 42.2 Å². The first-order chi connectivity index (χ1) is 12.7. The molecule has 3 aromatic rings. The van der Waals surface area contributed by atoms with Crippen LogP contribution in [-0.4, -0.2) is 19.6 Å². The van der Waals surface area contributed by atoms with Gasteiger partial charge in [-0.05, 0) is 42.0 Å². The lowest BCUT2D eigenvalue weighted by atomic mass is 10.1. The van der Waals surface area contributed by atoms with Crippen LogP contribution in [-0.2, 0) is 17.7 Å². The van der Waals surface area contributed by atoms with E-state index in [1.165, 1.54) is 19.2 Å². The monoisotopic (exact) mass is 354 g/mol. The van der Waals surface area contributed by atoms with Crippen LogP contribution in [0.15, 0.2) is 65.1 Å². The van der Waals surface area contributed by atoms with Crippen LogP contribution in [0, 0.1) is 5.82 Å². The van der Waals surface area contributed by atoms with Gasteiger partial charge < -0.3 is 14.5 Å². The molecular weight excluding hydrogens is 333 g/mol. The van der Waals surface area contributed by atoms with Crippen molar-refractivity contribution >= 4 is 5.97 Å². The first kappa shape index (κ1) is 17.9. The summed E-state index contributed by atoms with van der Waals surface area (Å²) in [5, 5.41) is 2.16. The van der Waals surface area contributed by atoms with Crippen LogP contribution < -0.4 is 5.32 Å². The van der Waals surface area contributed by atoms with Crippen molar-refractivity contribution in [3.63, 3.8) is 0 Å².